The van der Waals surface area contributed by atoms with E-state index in [0.29, 0.717) is 41.4 Å². The maximum Gasteiger partial charge on any atom is 0.281 e. The number of hydrogen-bond donors (Lipinski definition) is 0. The van der Waals surface area contributed by atoms with Gasteiger partial charge in [0.2, 0.25) is 0 Å². The first-order chi connectivity index (χ1) is 14.2. The SMILES string of the molecule is CCC(=O)c1ccc(OCC(=O)N2N=C(c3ccco3)CC2c2ccco2)cc1. The summed E-state index contributed by atoms with van der Waals surface area (Å²) in [4.78, 5) is 24.5. The summed E-state index contributed by atoms with van der Waals surface area (Å²) in [7, 11) is 0. The van der Waals surface area contributed by atoms with Crippen LogP contribution in [-0.4, -0.2) is 29.0 Å². The van der Waals surface area contributed by atoms with Gasteiger partial charge in [0.1, 0.15) is 29.0 Å². The van der Waals surface area contributed by atoms with E-state index in [4.69, 9.17) is 13.6 Å². The van der Waals surface area contributed by atoms with Crippen molar-refractivity contribution in [1.29, 1.82) is 0 Å². The Kier molecular flexibility index (Phi) is 5.29. The van der Waals surface area contributed by atoms with E-state index >= 15 is 0 Å². The van der Waals surface area contributed by atoms with E-state index in [1.54, 1.807) is 48.9 Å². The number of carbonyl (C=O) groups excluding carboxylic acids is 2. The van der Waals surface area contributed by atoms with Gasteiger partial charge in [0.15, 0.2) is 12.4 Å². The van der Waals surface area contributed by atoms with Crippen molar-refractivity contribution < 1.29 is 23.2 Å². The van der Waals surface area contributed by atoms with Crippen LogP contribution >= 0.6 is 0 Å². The molecule has 29 heavy (non-hydrogen) atoms. The Labute approximate surface area is 167 Å². The summed E-state index contributed by atoms with van der Waals surface area (Å²) in [6.45, 7) is 1.63. The van der Waals surface area contributed by atoms with Crippen LogP contribution in [0.3, 0.4) is 0 Å². The van der Waals surface area contributed by atoms with Crippen LogP contribution in [0.4, 0.5) is 0 Å². The third-order valence-electron chi connectivity index (χ3n) is 4.70. The lowest BCUT2D eigenvalue weighted by atomic mass is 10.1. The second-order valence-electron chi connectivity index (χ2n) is 6.59. The highest BCUT2D eigenvalue weighted by atomic mass is 16.5. The number of benzene rings is 1. The van der Waals surface area contributed by atoms with Crippen LogP contribution in [0.1, 0.15) is 47.7 Å². The van der Waals surface area contributed by atoms with E-state index in [9.17, 15) is 9.59 Å². The maximum atomic E-state index is 12.8. The van der Waals surface area contributed by atoms with Crippen LogP contribution in [0.2, 0.25) is 0 Å². The van der Waals surface area contributed by atoms with Crippen LogP contribution < -0.4 is 4.74 Å². The van der Waals surface area contributed by atoms with Crippen LogP contribution in [0, 0.1) is 0 Å². The van der Waals surface area contributed by atoms with Crippen molar-refractivity contribution in [3.8, 4) is 5.75 Å². The molecule has 0 saturated heterocycles. The number of rotatable bonds is 7. The zero-order chi connectivity index (χ0) is 20.2. The molecule has 1 atom stereocenters. The fourth-order valence-corrected chi connectivity index (χ4v) is 3.19. The highest BCUT2D eigenvalue weighted by molar-refractivity contribution is 6.01. The van der Waals surface area contributed by atoms with Crippen LogP contribution in [0.5, 0.6) is 5.75 Å². The molecular formula is C22H20N2O5. The van der Waals surface area contributed by atoms with Gasteiger partial charge in [0, 0.05) is 18.4 Å². The van der Waals surface area contributed by atoms with Gasteiger partial charge in [0.05, 0.1) is 12.5 Å². The molecule has 3 aromatic rings. The quantitative estimate of drug-likeness (QED) is 0.562. The van der Waals surface area contributed by atoms with Gasteiger partial charge in [0.25, 0.3) is 5.91 Å². The molecule has 0 spiro atoms. The Bertz CT molecular complexity index is 1000. The summed E-state index contributed by atoms with van der Waals surface area (Å²) in [5, 5.41) is 5.83. The monoisotopic (exact) mass is 392 g/mol. The standard InChI is InChI=1S/C22H20N2O5/c1-2-19(25)15-7-9-16(10-8-15)29-14-22(26)24-18(21-6-4-12-28-21)13-17(23-24)20-5-3-11-27-20/h3-12,18H,2,13-14H2,1H3. The van der Waals surface area contributed by atoms with Gasteiger partial charge in [-0.3, -0.25) is 9.59 Å². The highest BCUT2D eigenvalue weighted by Crippen LogP contribution is 2.33. The summed E-state index contributed by atoms with van der Waals surface area (Å²) < 4.78 is 16.5. The average molecular weight is 392 g/mol. The van der Waals surface area contributed by atoms with Gasteiger partial charge in [-0.1, -0.05) is 6.92 Å². The number of ketones is 1. The normalized spacial score (nSPS) is 16.0. The molecule has 1 unspecified atom stereocenters. The average Bonchev–Trinajstić information content (AvgIpc) is 3.51. The van der Waals surface area contributed by atoms with Crippen LogP contribution in [0.15, 0.2) is 75.0 Å². The molecule has 2 aromatic heterocycles. The Balaban J connectivity index is 1.47. The van der Waals surface area contributed by atoms with Crippen molar-refractivity contribution in [3.63, 3.8) is 0 Å². The predicted molar refractivity (Wildman–Crippen MR) is 105 cm³/mol. The molecule has 148 valence electrons. The number of hydrogen-bond acceptors (Lipinski definition) is 6. The zero-order valence-electron chi connectivity index (χ0n) is 15.9. The smallest absolute Gasteiger partial charge is 0.281 e. The van der Waals surface area contributed by atoms with Crippen molar-refractivity contribution in [2.24, 2.45) is 5.10 Å². The number of hydrazone groups is 1. The summed E-state index contributed by atoms with van der Waals surface area (Å²) in [6, 6.07) is 13.6. The Morgan fingerprint density at radius 3 is 2.52 bits per heavy atom. The lowest BCUT2D eigenvalue weighted by molar-refractivity contribution is -0.135. The topological polar surface area (TPSA) is 85.3 Å². The second-order valence-corrected chi connectivity index (χ2v) is 6.59. The number of carbonyl (C=O) groups is 2. The van der Waals surface area contributed by atoms with E-state index in [1.165, 1.54) is 5.01 Å². The minimum absolute atomic E-state index is 0.0609. The van der Waals surface area contributed by atoms with Gasteiger partial charge >= 0.3 is 0 Å². The molecule has 7 nitrogen and oxygen atoms in total. The number of Topliss-reactive ketones (excluding diaryl/α,β-unsaturated/α-hetero) is 1. The van der Waals surface area contributed by atoms with E-state index in [-0.39, 0.29) is 24.3 Å². The van der Waals surface area contributed by atoms with Crippen molar-refractivity contribution in [3.05, 3.63) is 78.1 Å². The summed E-state index contributed by atoms with van der Waals surface area (Å²) in [5.41, 5.74) is 1.29. The molecular weight excluding hydrogens is 372 g/mol. The minimum Gasteiger partial charge on any atom is -0.484 e. The first-order valence-corrected chi connectivity index (χ1v) is 9.38. The first kappa shape index (κ1) is 18.7. The number of amides is 1. The number of ether oxygens (including phenoxy) is 1. The molecule has 0 saturated carbocycles. The molecule has 1 amide bonds. The van der Waals surface area contributed by atoms with Crippen molar-refractivity contribution in [2.75, 3.05) is 6.61 Å². The molecule has 0 radical (unpaired) electrons. The minimum atomic E-state index is -0.356. The molecule has 0 aliphatic carbocycles. The van der Waals surface area contributed by atoms with Gasteiger partial charge < -0.3 is 13.6 Å². The lowest BCUT2D eigenvalue weighted by Crippen LogP contribution is -2.31. The maximum absolute atomic E-state index is 12.8. The summed E-state index contributed by atoms with van der Waals surface area (Å²) in [6.07, 6.45) is 4.07. The number of furan rings is 2. The summed E-state index contributed by atoms with van der Waals surface area (Å²) in [5.74, 6) is 1.53. The van der Waals surface area contributed by atoms with E-state index in [1.807, 2.05) is 19.1 Å². The van der Waals surface area contributed by atoms with Crippen molar-refractivity contribution in [1.82, 2.24) is 5.01 Å². The van der Waals surface area contributed by atoms with Gasteiger partial charge in [-0.2, -0.15) is 5.10 Å². The largest absolute Gasteiger partial charge is 0.484 e. The third-order valence-corrected chi connectivity index (χ3v) is 4.70. The molecule has 3 heterocycles. The molecule has 1 aromatic carbocycles. The Morgan fingerprint density at radius 1 is 1.10 bits per heavy atom. The van der Waals surface area contributed by atoms with Crippen LogP contribution in [-0.2, 0) is 4.79 Å². The Hall–Kier alpha value is -3.61. The molecule has 4 rings (SSSR count). The van der Waals surface area contributed by atoms with Gasteiger partial charge in [-0.25, -0.2) is 5.01 Å². The molecule has 7 heteroatoms. The second kappa shape index (κ2) is 8.18. The molecule has 1 aliphatic rings. The zero-order valence-corrected chi connectivity index (χ0v) is 15.9. The fourth-order valence-electron chi connectivity index (χ4n) is 3.19. The van der Waals surface area contributed by atoms with Crippen molar-refractivity contribution >= 4 is 17.4 Å². The summed E-state index contributed by atoms with van der Waals surface area (Å²) >= 11 is 0. The van der Waals surface area contributed by atoms with E-state index in [2.05, 4.69) is 5.10 Å². The molecule has 0 N–H and O–H groups in total. The third kappa shape index (κ3) is 3.99. The highest BCUT2D eigenvalue weighted by Gasteiger charge is 2.35. The van der Waals surface area contributed by atoms with Crippen molar-refractivity contribution in [2.45, 2.75) is 25.8 Å². The Morgan fingerprint density at radius 2 is 1.86 bits per heavy atom. The number of nitrogens with zero attached hydrogens (tertiary/aromatic N) is 2. The van der Waals surface area contributed by atoms with Crippen LogP contribution in [0.25, 0.3) is 0 Å². The molecule has 0 bridgehead atoms. The van der Waals surface area contributed by atoms with Gasteiger partial charge in [-0.05, 0) is 48.5 Å². The predicted octanol–water partition coefficient (Wildman–Crippen LogP) is 4.22. The first-order valence-electron chi connectivity index (χ1n) is 9.38. The van der Waals surface area contributed by atoms with Gasteiger partial charge in [-0.15, -0.1) is 0 Å². The molecule has 0 fully saturated rings. The lowest BCUT2D eigenvalue weighted by Gasteiger charge is -2.20. The fraction of sp³-hybridized carbons (Fsp3) is 0.227. The molecule has 1 aliphatic heterocycles. The van der Waals surface area contributed by atoms with E-state index < -0.39 is 0 Å². The van der Waals surface area contributed by atoms with E-state index in [0.717, 1.165) is 0 Å².